The molecule has 0 fully saturated rings. The predicted molar refractivity (Wildman–Crippen MR) is 75.7 cm³/mol. The fourth-order valence-electron chi connectivity index (χ4n) is 1.64. The van der Waals surface area contributed by atoms with E-state index in [1.165, 1.54) is 22.3 Å². The molecule has 1 heterocycles. The van der Waals surface area contributed by atoms with Gasteiger partial charge in [-0.2, -0.15) is 0 Å². The number of benzene rings is 1. The van der Waals surface area contributed by atoms with E-state index in [-0.39, 0.29) is 11.7 Å². The number of hydrogen-bond acceptors (Lipinski definition) is 5. The minimum atomic E-state index is -0.204. The molecule has 19 heavy (non-hydrogen) atoms. The van der Waals surface area contributed by atoms with Crippen molar-refractivity contribution in [1.29, 1.82) is 0 Å². The number of amides is 1. The zero-order valence-electron chi connectivity index (χ0n) is 10.5. The lowest BCUT2D eigenvalue weighted by molar-refractivity contribution is 0.0989. The van der Waals surface area contributed by atoms with E-state index < -0.39 is 0 Å². The van der Waals surface area contributed by atoms with Crippen molar-refractivity contribution in [2.75, 3.05) is 18.5 Å². The van der Waals surface area contributed by atoms with Gasteiger partial charge in [-0.1, -0.05) is 6.07 Å². The van der Waals surface area contributed by atoms with Gasteiger partial charge >= 0.3 is 0 Å². The molecule has 0 radical (unpaired) electrons. The van der Waals surface area contributed by atoms with Gasteiger partial charge in [-0.05, 0) is 18.7 Å². The van der Waals surface area contributed by atoms with Crippen LogP contribution in [0.15, 0.2) is 29.6 Å². The normalized spacial score (nSPS) is 10.4. The number of carbonyl (C=O) groups is 1. The third-order valence-electron chi connectivity index (χ3n) is 2.65. The van der Waals surface area contributed by atoms with Crippen molar-refractivity contribution >= 4 is 22.9 Å². The summed E-state index contributed by atoms with van der Waals surface area (Å²) >= 11 is 1.43. The Morgan fingerprint density at radius 2 is 2.32 bits per heavy atom. The zero-order chi connectivity index (χ0) is 13.8. The number of hydrogen-bond donors (Lipinski definition) is 2. The van der Waals surface area contributed by atoms with E-state index in [1.807, 2.05) is 0 Å². The molecule has 1 aromatic carbocycles. The lowest BCUT2D eigenvalue weighted by Crippen LogP contribution is -2.26. The highest BCUT2D eigenvalue weighted by Crippen LogP contribution is 2.21. The topological polar surface area (TPSA) is 79.5 Å². The van der Waals surface area contributed by atoms with Crippen LogP contribution < -0.4 is 10.6 Å². The van der Waals surface area contributed by atoms with Crippen molar-refractivity contribution in [3.05, 3.63) is 40.3 Å². The first-order valence-electron chi connectivity index (χ1n) is 5.83. The van der Waals surface area contributed by atoms with Gasteiger partial charge in [-0.15, -0.1) is 11.3 Å². The molecule has 0 aliphatic rings. The fraction of sp³-hybridized carbons (Fsp3) is 0.231. The van der Waals surface area contributed by atoms with E-state index in [1.54, 1.807) is 30.6 Å². The summed E-state index contributed by atoms with van der Waals surface area (Å²) in [4.78, 5) is 17.9. The van der Waals surface area contributed by atoms with Crippen molar-refractivity contribution in [1.82, 2.24) is 4.98 Å². The predicted octanol–water partition coefficient (Wildman–Crippen LogP) is 1.63. The van der Waals surface area contributed by atoms with Gasteiger partial charge in [0.1, 0.15) is 11.4 Å². The van der Waals surface area contributed by atoms with Crippen molar-refractivity contribution in [2.45, 2.75) is 6.42 Å². The van der Waals surface area contributed by atoms with Crippen molar-refractivity contribution in [3.8, 4) is 5.75 Å². The van der Waals surface area contributed by atoms with Crippen LogP contribution in [-0.2, 0) is 6.42 Å². The van der Waals surface area contributed by atoms with Gasteiger partial charge in [0.15, 0.2) is 0 Å². The molecule has 0 aliphatic heterocycles. The largest absolute Gasteiger partial charge is 0.508 e. The molecule has 100 valence electrons. The van der Waals surface area contributed by atoms with E-state index in [4.69, 9.17) is 5.73 Å². The Labute approximate surface area is 115 Å². The van der Waals surface area contributed by atoms with Crippen molar-refractivity contribution < 1.29 is 9.90 Å². The monoisotopic (exact) mass is 277 g/mol. The second kappa shape index (κ2) is 5.81. The van der Waals surface area contributed by atoms with E-state index >= 15 is 0 Å². The Morgan fingerprint density at radius 1 is 1.53 bits per heavy atom. The van der Waals surface area contributed by atoms with Crippen molar-refractivity contribution in [3.63, 3.8) is 0 Å². The number of aromatic hydroxyl groups is 1. The number of phenolic OH excluding ortho intramolecular Hbond substituents is 1. The quantitative estimate of drug-likeness (QED) is 0.890. The third-order valence-corrected chi connectivity index (χ3v) is 3.56. The summed E-state index contributed by atoms with van der Waals surface area (Å²) in [6, 6.07) is 6.54. The number of thiazole rings is 1. The Morgan fingerprint density at radius 3 is 3.00 bits per heavy atom. The van der Waals surface area contributed by atoms with Crippen LogP contribution in [0.25, 0.3) is 0 Å². The van der Waals surface area contributed by atoms with Gasteiger partial charge in [0.2, 0.25) is 0 Å². The number of carbonyl (C=O) groups excluding carboxylic acids is 1. The molecular formula is C13H15N3O2S. The first kappa shape index (κ1) is 13.5. The molecule has 3 N–H and O–H groups in total. The zero-order valence-corrected chi connectivity index (χ0v) is 11.4. The highest BCUT2D eigenvalue weighted by Gasteiger charge is 2.16. The molecule has 0 unspecified atom stereocenters. The maximum atomic E-state index is 12.2. The summed E-state index contributed by atoms with van der Waals surface area (Å²) in [6.45, 7) is 0.517. The molecule has 0 atom stereocenters. The Kier molecular flexibility index (Phi) is 4.13. The van der Waals surface area contributed by atoms with Crippen LogP contribution in [0.1, 0.15) is 15.5 Å². The van der Waals surface area contributed by atoms with Gasteiger partial charge in [-0.25, -0.2) is 4.98 Å². The summed E-state index contributed by atoms with van der Waals surface area (Å²) in [5, 5.41) is 12.0. The maximum Gasteiger partial charge on any atom is 0.277 e. The van der Waals surface area contributed by atoms with Crippen LogP contribution >= 0.6 is 11.3 Å². The van der Waals surface area contributed by atoms with Crippen LogP contribution in [0.3, 0.4) is 0 Å². The number of nitrogens with two attached hydrogens (primary N) is 1. The van der Waals surface area contributed by atoms with Gasteiger partial charge < -0.3 is 15.7 Å². The summed E-state index contributed by atoms with van der Waals surface area (Å²) in [5.41, 5.74) is 6.48. The SMILES string of the molecule is CN(C(=O)c1csc(CCN)n1)c1cccc(O)c1. The molecule has 2 rings (SSSR count). The summed E-state index contributed by atoms with van der Waals surface area (Å²) in [5.74, 6) is -0.0793. The molecule has 2 aromatic rings. The third kappa shape index (κ3) is 3.10. The molecule has 6 heteroatoms. The molecule has 1 amide bonds. The van der Waals surface area contributed by atoms with Gasteiger partial charge in [0.05, 0.1) is 5.01 Å². The Hall–Kier alpha value is -1.92. The molecule has 1 aromatic heterocycles. The minimum absolute atomic E-state index is 0.124. The second-order valence-electron chi connectivity index (χ2n) is 4.05. The van der Waals surface area contributed by atoms with Crippen LogP contribution in [0.5, 0.6) is 5.75 Å². The number of aromatic nitrogens is 1. The van der Waals surface area contributed by atoms with Gasteiger partial charge in [-0.3, -0.25) is 4.79 Å². The minimum Gasteiger partial charge on any atom is -0.508 e. The molecule has 0 aliphatic carbocycles. The first-order valence-corrected chi connectivity index (χ1v) is 6.71. The van der Waals surface area contributed by atoms with Gasteiger partial charge in [0.25, 0.3) is 5.91 Å². The smallest absolute Gasteiger partial charge is 0.277 e. The van der Waals surface area contributed by atoms with Crippen molar-refractivity contribution in [2.24, 2.45) is 5.73 Å². The summed E-state index contributed by atoms with van der Waals surface area (Å²) in [6.07, 6.45) is 0.674. The van der Waals surface area contributed by atoms with E-state index in [0.717, 1.165) is 5.01 Å². The number of rotatable bonds is 4. The lowest BCUT2D eigenvalue weighted by atomic mass is 10.2. The highest BCUT2D eigenvalue weighted by atomic mass is 32.1. The standard InChI is InChI=1S/C13H15N3O2S/c1-16(9-3-2-4-10(17)7-9)13(18)11-8-19-12(15-11)5-6-14/h2-4,7-8,17H,5-6,14H2,1H3. The first-order chi connectivity index (χ1) is 9.11. The number of phenols is 1. The fourth-order valence-corrected chi connectivity index (χ4v) is 2.43. The van der Waals surface area contributed by atoms with Crippen LogP contribution in [-0.4, -0.2) is 29.6 Å². The van der Waals surface area contributed by atoms with Gasteiger partial charge in [0, 0.05) is 30.6 Å². The molecule has 5 nitrogen and oxygen atoms in total. The van der Waals surface area contributed by atoms with Crippen LogP contribution in [0, 0.1) is 0 Å². The molecule has 0 bridgehead atoms. The highest BCUT2D eigenvalue weighted by molar-refractivity contribution is 7.09. The summed E-state index contributed by atoms with van der Waals surface area (Å²) < 4.78 is 0. The van der Waals surface area contributed by atoms with E-state index in [9.17, 15) is 9.90 Å². The van der Waals surface area contributed by atoms with Crippen LogP contribution in [0.2, 0.25) is 0 Å². The van der Waals surface area contributed by atoms with Crippen LogP contribution in [0.4, 0.5) is 5.69 Å². The lowest BCUT2D eigenvalue weighted by Gasteiger charge is -2.16. The second-order valence-corrected chi connectivity index (χ2v) is 4.99. The number of nitrogens with zero attached hydrogens (tertiary/aromatic N) is 2. The Balaban J connectivity index is 2.18. The maximum absolute atomic E-state index is 12.2. The average molecular weight is 277 g/mol. The van der Waals surface area contributed by atoms with E-state index in [0.29, 0.717) is 24.3 Å². The number of anilines is 1. The average Bonchev–Trinajstić information content (AvgIpc) is 2.86. The molecular weight excluding hydrogens is 262 g/mol. The summed E-state index contributed by atoms with van der Waals surface area (Å²) in [7, 11) is 1.65. The van der Waals surface area contributed by atoms with E-state index in [2.05, 4.69) is 4.98 Å². The molecule has 0 spiro atoms. The molecule has 0 saturated heterocycles. The Bertz CT molecular complexity index is 583. The molecule has 0 saturated carbocycles.